The number of aromatic nitrogens is 1. The number of hydrogen-bond acceptors (Lipinski definition) is 3. The van der Waals surface area contributed by atoms with Crippen LogP contribution in [0.25, 0.3) is 0 Å². The summed E-state index contributed by atoms with van der Waals surface area (Å²) in [4.78, 5) is 16.6. The van der Waals surface area contributed by atoms with Gasteiger partial charge in [0.05, 0.1) is 0 Å². The molecule has 0 aliphatic rings. The molecule has 1 aromatic carbocycles. The number of rotatable bonds is 4. The summed E-state index contributed by atoms with van der Waals surface area (Å²) in [6, 6.07) is 8.03. The lowest BCUT2D eigenvalue weighted by molar-refractivity contribution is 0.102. The molecule has 1 heterocycles. The molecule has 0 unspecified atom stereocenters. The van der Waals surface area contributed by atoms with Gasteiger partial charge in [-0.1, -0.05) is 13.0 Å². The van der Waals surface area contributed by atoms with Gasteiger partial charge in [-0.05, 0) is 43.2 Å². The molecule has 0 fully saturated rings. The molecule has 0 bridgehead atoms. The first kappa shape index (κ1) is 15.0. The molecule has 21 heavy (non-hydrogen) atoms. The molecule has 0 spiro atoms. The Bertz CT molecular complexity index is 648. The Kier molecular flexibility index (Phi) is 4.52. The summed E-state index contributed by atoms with van der Waals surface area (Å²) in [6.45, 7) is 3.65. The number of nitrogens with zero attached hydrogens (tertiary/aromatic N) is 1. The van der Waals surface area contributed by atoms with Gasteiger partial charge in [0, 0.05) is 24.0 Å². The quantitative estimate of drug-likeness (QED) is 0.906. The summed E-state index contributed by atoms with van der Waals surface area (Å²) < 4.78 is 13.5. The number of pyridine rings is 1. The molecule has 5 heteroatoms. The Morgan fingerprint density at radius 3 is 2.67 bits per heavy atom. The van der Waals surface area contributed by atoms with Crippen molar-refractivity contribution in [2.24, 2.45) is 0 Å². The molecule has 2 rings (SSSR count). The van der Waals surface area contributed by atoms with Gasteiger partial charge in [0.2, 0.25) is 0 Å². The summed E-state index contributed by atoms with van der Waals surface area (Å²) in [7, 11) is 1.75. The van der Waals surface area contributed by atoms with Crippen LogP contribution >= 0.6 is 0 Å². The van der Waals surface area contributed by atoms with Gasteiger partial charge >= 0.3 is 0 Å². The van der Waals surface area contributed by atoms with Crippen LogP contribution in [0, 0.1) is 12.7 Å². The summed E-state index contributed by atoms with van der Waals surface area (Å²) >= 11 is 0. The van der Waals surface area contributed by atoms with E-state index in [4.69, 9.17) is 0 Å². The SMILES string of the molecule is CCc1cc(C(=O)Nc2ccc(C)c(F)c2)cc(NC)n1. The van der Waals surface area contributed by atoms with Gasteiger partial charge in [-0.15, -0.1) is 0 Å². The minimum absolute atomic E-state index is 0.285. The molecule has 0 aliphatic heterocycles. The Morgan fingerprint density at radius 1 is 1.29 bits per heavy atom. The fourth-order valence-electron chi connectivity index (χ4n) is 1.90. The van der Waals surface area contributed by atoms with E-state index in [1.54, 1.807) is 38.2 Å². The lowest BCUT2D eigenvalue weighted by Crippen LogP contribution is -2.13. The number of halogens is 1. The highest BCUT2D eigenvalue weighted by atomic mass is 19.1. The number of amides is 1. The largest absolute Gasteiger partial charge is 0.373 e. The summed E-state index contributed by atoms with van der Waals surface area (Å²) in [5.41, 5.74) is 2.29. The Morgan fingerprint density at radius 2 is 2.05 bits per heavy atom. The van der Waals surface area contributed by atoms with Gasteiger partial charge in [0.1, 0.15) is 11.6 Å². The van der Waals surface area contributed by atoms with Crippen LogP contribution in [0.1, 0.15) is 28.5 Å². The van der Waals surface area contributed by atoms with E-state index >= 15 is 0 Å². The number of carbonyl (C=O) groups is 1. The van der Waals surface area contributed by atoms with Crippen LogP contribution in [-0.2, 0) is 6.42 Å². The molecule has 0 aliphatic carbocycles. The van der Waals surface area contributed by atoms with Crippen molar-refractivity contribution in [3.8, 4) is 0 Å². The second-order valence-corrected chi connectivity index (χ2v) is 4.75. The van der Waals surface area contributed by atoms with Gasteiger partial charge in [0.15, 0.2) is 0 Å². The second-order valence-electron chi connectivity index (χ2n) is 4.75. The van der Waals surface area contributed by atoms with Crippen molar-refractivity contribution < 1.29 is 9.18 Å². The Balaban J connectivity index is 2.25. The van der Waals surface area contributed by atoms with Gasteiger partial charge in [-0.3, -0.25) is 4.79 Å². The molecule has 0 radical (unpaired) electrons. The number of aryl methyl sites for hydroxylation is 2. The van der Waals surface area contributed by atoms with E-state index < -0.39 is 0 Å². The second kappa shape index (κ2) is 6.35. The smallest absolute Gasteiger partial charge is 0.255 e. The maximum atomic E-state index is 13.5. The van der Waals surface area contributed by atoms with Crippen LogP contribution < -0.4 is 10.6 Å². The van der Waals surface area contributed by atoms with Crippen molar-refractivity contribution in [1.29, 1.82) is 0 Å². The molecule has 4 nitrogen and oxygen atoms in total. The van der Waals surface area contributed by atoms with Gasteiger partial charge < -0.3 is 10.6 Å². The van der Waals surface area contributed by atoms with E-state index in [1.165, 1.54) is 6.07 Å². The van der Waals surface area contributed by atoms with Crippen LogP contribution in [0.5, 0.6) is 0 Å². The summed E-state index contributed by atoms with van der Waals surface area (Å²) in [6.07, 6.45) is 0.731. The van der Waals surface area contributed by atoms with E-state index in [-0.39, 0.29) is 11.7 Å². The third-order valence-corrected chi connectivity index (χ3v) is 3.19. The monoisotopic (exact) mass is 287 g/mol. The fraction of sp³-hybridized carbons (Fsp3) is 0.250. The Hall–Kier alpha value is -2.43. The maximum Gasteiger partial charge on any atom is 0.255 e. The zero-order chi connectivity index (χ0) is 15.4. The molecule has 1 aromatic heterocycles. The summed E-state index contributed by atoms with van der Waals surface area (Å²) in [5, 5.41) is 5.62. The maximum absolute atomic E-state index is 13.5. The average Bonchev–Trinajstić information content (AvgIpc) is 2.50. The van der Waals surface area contributed by atoms with E-state index in [2.05, 4.69) is 15.6 Å². The van der Waals surface area contributed by atoms with Crippen molar-refractivity contribution in [2.75, 3.05) is 17.7 Å². The van der Waals surface area contributed by atoms with Crippen molar-refractivity contribution >= 4 is 17.4 Å². The first-order valence-electron chi connectivity index (χ1n) is 6.79. The van der Waals surface area contributed by atoms with Crippen LogP contribution in [0.15, 0.2) is 30.3 Å². The van der Waals surface area contributed by atoms with Gasteiger partial charge in [-0.25, -0.2) is 9.37 Å². The lowest BCUT2D eigenvalue weighted by atomic mass is 10.1. The molecule has 1 amide bonds. The zero-order valence-electron chi connectivity index (χ0n) is 12.3. The number of carbonyl (C=O) groups excluding carboxylic acids is 1. The zero-order valence-corrected chi connectivity index (χ0v) is 12.3. The predicted octanol–water partition coefficient (Wildman–Crippen LogP) is 3.39. The van der Waals surface area contributed by atoms with E-state index in [0.29, 0.717) is 22.6 Å². The molecule has 2 N–H and O–H groups in total. The number of nitrogens with one attached hydrogen (secondary N) is 2. The third kappa shape index (κ3) is 3.56. The minimum atomic E-state index is -0.340. The van der Waals surface area contributed by atoms with Crippen LogP contribution in [0.2, 0.25) is 0 Å². The van der Waals surface area contributed by atoms with Crippen LogP contribution in [0.3, 0.4) is 0 Å². The highest BCUT2D eigenvalue weighted by Gasteiger charge is 2.10. The van der Waals surface area contributed by atoms with Crippen LogP contribution in [-0.4, -0.2) is 17.9 Å². The van der Waals surface area contributed by atoms with Crippen molar-refractivity contribution in [3.05, 3.63) is 53.0 Å². The third-order valence-electron chi connectivity index (χ3n) is 3.19. The number of benzene rings is 1. The van der Waals surface area contributed by atoms with Crippen molar-refractivity contribution in [2.45, 2.75) is 20.3 Å². The highest BCUT2D eigenvalue weighted by molar-refractivity contribution is 6.04. The van der Waals surface area contributed by atoms with Gasteiger partial charge in [0.25, 0.3) is 5.91 Å². The van der Waals surface area contributed by atoms with Crippen LogP contribution in [0.4, 0.5) is 15.9 Å². The predicted molar refractivity (Wildman–Crippen MR) is 82.3 cm³/mol. The van der Waals surface area contributed by atoms with Gasteiger partial charge in [-0.2, -0.15) is 0 Å². The van der Waals surface area contributed by atoms with Crippen molar-refractivity contribution in [3.63, 3.8) is 0 Å². The lowest BCUT2D eigenvalue weighted by Gasteiger charge is -2.09. The molecule has 110 valence electrons. The van der Waals surface area contributed by atoms with E-state index in [0.717, 1.165) is 12.1 Å². The minimum Gasteiger partial charge on any atom is -0.373 e. The topological polar surface area (TPSA) is 54.0 Å². The molecular weight excluding hydrogens is 269 g/mol. The number of hydrogen-bond donors (Lipinski definition) is 2. The highest BCUT2D eigenvalue weighted by Crippen LogP contribution is 2.16. The Labute approximate surface area is 123 Å². The average molecular weight is 287 g/mol. The first-order valence-corrected chi connectivity index (χ1v) is 6.79. The first-order chi connectivity index (χ1) is 10.0. The van der Waals surface area contributed by atoms with Crippen molar-refractivity contribution in [1.82, 2.24) is 4.98 Å². The molecule has 0 atom stereocenters. The fourth-order valence-corrected chi connectivity index (χ4v) is 1.90. The number of anilines is 2. The molecular formula is C16H18FN3O. The van der Waals surface area contributed by atoms with E-state index in [1.807, 2.05) is 6.92 Å². The molecule has 0 saturated heterocycles. The molecule has 0 saturated carbocycles. The summed E-state index contributed by atoms with van der Waals surface area (Å²) in [5.74, 6) is 0.00845. The standard InChI is InChI=1S/C16H18FN3O/c1-4-12-7-11(8-15(18-3)19-12)16(21)20-13-6-5-10(2)14(17)9-13/h5-9H,4H2,1-3H3,(H,18,19)(H,20,21). The van der Waals surface area contributed by atoms with E-state index in [9.17, 15) is 9.18 Å². The normalized spacial score (nSPS) is 10.3. The molecule has 2 aromatic rings.